The Hall–Kier alpha value is -2.99. The molecule has 0 unspecified atom stereocenters. The fraction of sp³-hybridized carbons (Fsp3) is 0.158. The van der Waals surface area contributed by atoms with Crippen molar-refractivity contribution in [3.05, 3.63) is 71.3 Å². The molecule has 2 aromatic heterocycles. The molecule has 0 bridgehead atoms. The summed E-state index contributed by atoms with van der Waals surface area (Å²) in [5.74, 6) is 1.51. The van der Waals surface area contributed by atoms with Crippen molar-refractivity contribution in [1.29, 1.82) is 0 Å². The number of ether oxygens (including phenoxy) is 2. The van der Waals surface area contributed by atoms with E-state index in [0.717, 1.165) is 5.56 Å². The van der Waals surface area contributed by atoms with E-state index in [2.05, 4.69) is 10.3 Å². The summed E-state index contributed by atoms with van der Waals surface area (Å²) in [4.78, 5) is 16.2. The van der Waals surface area contributed by atoms with Crippen molar-refractivity contribution in [2.45, 2.75) is 13.5 Å². The van der Waals surface area contributed by atoms with Crippen LogP contribution in [-0.2, 0) is 6.54 Å². The number of benzene rings is 1. The van der Waals surface area contributed by atoms with Gasteiger partial charge >= 0.3 is 0 Å². The molecule has 0 fully saturated rings. The number of hydrogen-bond donors (Lipinski definition) is 1. The summed E-state index contributed by atoms with van der Waals surface area (Å²) in [6, 6.07) is 14.0. The van der Waals surface area contributed by atoms with Crippen LogP contribution in [0.15, 0.2) is 59.1 Å². The van der Waals surface area contributed by atoms with Crippen LogP contribution >= 0.6 is 11.6 Å². The second-order valence-electron chi connectivity index (χ2n) is 5.27. The number of furan rings is 1. The van der Waals surface area contributed by atoms with Crippen LogP contribution in [0.1, 0.15) is 23.0 Å². The van der Waals surface area contributed by atoms with Crippen molar-refractivity contribution in [3.8, 4) is 17.4 Å². The highest BCUT2D eigenvalue weighted by atomic mass is 35.5. The first-order chi connectivity index (χ1) is 12.7. The van der Waals surface area contributed by atoms with Crippen molar-refractivity contribution in [3.63, 3.8) is 0 Å². The zero-order chi connectivity index (χ0) is 18.4. The minimum Gasteiger partial charge on any atom is -0.490 e. The van der Waals surface area contributed by atoms with E-state index in [0.29, 0.717) is 30.5 Å². The molecule has 0 saturated carbocycles. The monoisotopic (exact) mass is 372 g/mol. The van der Waals surface area contributed by atoms with Gasteiger partial charge in [-0.1, -0.05) is 18.2 Å². The Morgan fingerprint density at radius 3 is 2.62 bits per heavy atom. The number of para-hydroxylation sites is 2. The fourth-order valence-electron chi connectivity index (χ4n) is 2.20. The molecule has 0 saturated heterocycles. The Morgan fingerprint density at radius 1 is 1.15 bits per heavy atom. The number of halogens is 1. The zero-order valence-corrected chi connectivity index (χ0v) is 14.8. The van der Waals surface area contributed by atoms with E-state index in [1.807, 2.05) is 37.3 Å². The normalized spacial score (nSPS) is 10.4. The first-order valence-electron chi connectivity index (χ1n) is 8.04. The van der Waals surface area contributed by atoms with E-state index < -0.39 is 0 Å². The summed E-state index contributed by atoms with van der Waals surface area (Å²) in [6.45, 7) is 2.77. The van der Waals surface area contributed by atoms with Gasteiger partial charge in [0.15, 0.2) is 22.5 Å². The molecule has 0 spiro atoms. The van der Waals surface area contributed by atoms with Crippen molar-refractivity contribution >= 4 is 17.5 Å². The van der Waals surface area contributed by atoms with Crippen LogP contribution in [0.5, 0.6) is 17.4 Å². The Balaban J connectivity index is 1.59. The quantitative estimate of drug-likeness (QED) is 0.663. The highest BCUT2D eigenvalue weighted by Gasteiger charge is 2.10. The Morgan fingerprint density at radius 2 is 1.96 bits per heavy atom. The largest absolute Gasteiger partial charge is 0.490 e. The number of hydrogen-bond acceptors (Lipinski definition) is 5. The summed E-state index contributed by atoms with van der Waals surface area (Å²) >= 11 is 5.66. The Bertz CT molecular complexity index is 877. The Labute approximate surface area is 155 Å². The molecule has 1 aromatic carbocycles. The molecule has 0 radical (unpaired) electrons. The minimum atomic E-state index is -0.345. The van der Waals surface area contributed by atoms with Crippen LogP contribution in [-0.4, -0.2) is 17.5 Å². The molecule has 134 valence electrons. The van der Waals surface area contributed by atoms with Gasteiger partial charge in [-0.2, -0.15) is 0 Å². The van der Waals surface area contributed by atoms with Crippen molar-refractivity contribution in [2.24, 2.45) is 0 Å². The second kappa shape index (κ2) is 8.40. The standard InChI is InChI=1S/C19H17ClN2O4/c1-2-24-14-5-3-4-6-15(14)26-18-10-7-13(11-21-18)12-22-19(23)16-8-9-17(20)25-16/h3-11H,2,12H2,1H3,(H,22,23). The lowest BCUT2D eigenvalue weighted by molar-refractivity contribution is 0.0923. The highest BCUT2D eigenvalue weighted by molar-refractivity contribution is 6.29. The SMILES string of the molecule is CCOc1ccccc1Oc1ccc(CNC(=O)c2ccc(Cl)o2)cn1. The van der Waals surface area contributed by atoms with Gasteiger partial charge in [-0.25, -0.2) is 4.98 Å². The van der Waals surface area contributed by atoms with Gasteiger partial charge in [0.2, 0.25) is 5.88 Å². The summed E-state index contributed by atoms with van der Waals surface area (Å²) in [6.07, 6.45) is 1.63. The lowest BCUT2D eigenvalue weighted by Gasteiger charge is -2.11. The van der Waals surface area contributed by atoms with E-state index in [1.54, 1.807) is 12.3 Å². The van der Waals surface area contributed by atoms with Crippen LogP contribution in [0.4, 0.5) is 0 Å². The zero-order valence-electron chi connectivity index (χ0n) is 14.1. The number of amides is 1. The molecule has 0 atom stereocenters. The number of pyridine rings is 1. The van der Waals surface area contributed by atoms with Crippen molar-refractivity contribution in [2.75, 3.05) is 6.61 Å². The highest BCUT2D eigenvalue weighted by Crippen LogP contribution is 2.30. The lowest BCUT2D eigenvalue weighted by atomic mass is 10.3. The third kappa shape index (κ3) is 4.55. The average molecular weight is 373 g/mol. The first kappa shape index (κ1) is 17.8. The van der Waals surface area contributed by atoms with E-state index in [9.17, 15) is 4.79 Å². The van der Waals surface area contributed by atoms with Crippen LogP contribution in [0.25, 0.3) is 0 Å². The number of carbonyl (C=O) groups is 1. The molecule has 1 N–H and O–H groups in total. The molecule has 0 aliphatic carbocycles. The van der Waals surface area contributed by atoms with E-state index in [1.165, 1.54) is 12.1 Å². The number of nitrogens with one attached hydrogen (secondary N) is 1. The third-order valence-corrected chi connectivity index (χ3v) is 3.61. The minimum absolute atomic E-state index is 0.162. The molecule has 1 amide bonds. The topological polar surface area (TPSA) is 73.6 Å². The number of rotatable bonds is 7. The summed E-state index contributed by atoms with van der Waals surface area (Å²) in [7, 11) is 0. The molecule has 2 heterocycles. The second-order valence-corrected chi connectivity index (χ2v) is 5.65. The maximum Gasteiger partial charge on any atom is 0.287 e. The third-order valence-electron chi connectivity index (χ3n) is 3.41. The van der Waals surface area contributed by atoms with Gasteiger partial charge in [0.25, 0.3) is 5.91 Å². The van der Waals surface area contributed by atoms with Gasteiger partial charge in [0, 0.05) is 18.8 Å². The lowest BCUT2D eigenvalue weighted by Crippen LogP contribution is -2.22. The van der Waals surface area contributed by atoms with E-state index >= 15 is 0 Å². The summed E-state index contributed by atoms with van der Waals surface area (Å²) in [5.41, 5.74) is 0.821. The van der Waals surface area contributed by atoms with Gasteiger partial charge in [-0.3, -0.25) is 4.79 Å². The molecule has 7 heteroatoms. The molecule has 3 rings (SSSR count). The number of nitrogens with zero attached hydrogens (tertiary/aromatic N) is 1. The van der Waals surface area contributed by atoms with Crippen LogP contribution < -0.4 is 14.8 Å². The number of carbonyl (C=O) groups excluding carboxylic acids is 1. The van der Waals surface area contributed by atoms with Crippen LogP contribution in [0, 0.1) is 0 Å². The molecule has 0 aliphatic rings. The van der Waals surface area contributed by atoms with Crippen LogP contribution in [0.2, 0.25) is 5.22 Å². The number of aromatic nitrogens is 1. The molecule has 3 aromatic rings. The predicted octanol–water partition coefficient (Wildman–Crippen LogP) is 4.45. The van der Waals surface area contributed by atoms with Gasteiger partial charge in [0.05, 0.1) is 6.61 Å². The summed E-state index contributed by atoms with van der Waals surface area (Å²) in [5, 5.41) is 2.90. The maximum absolute atomic E-state index is 11.9. The van der Waals surface area contributed by atoms with E-state index in [-0.39, 0.29) is 16.9 Å². The molecule has 26 heavy (non-hydrogen) atoms. The van der Waals surface area contributed by atoms with Gasteiger partial charge in [0.1, 0.15) is 0 Å². The first-order valence-corrected chi connectivity index (χ1v) is 8.41. The smallest absolute Gasteiger partial charge is 0.287 e. The predicted molar refractivity (Wildman–Crippen MR) is 96.8 cm³/mol. The molecule has 6 nitrogen and oxygen atoms in total. The molecular weight excluding hydrogens is 356 g/mol. The van der Waals surface area contributed by atoms with Gasteiger partial charge in [-0.05, 0) is 48.4 Å². The van der Waals surface area contributed by atoms with Crippen molar-refractivity contribution in [1.82, 2.24) is 10.3 Å². The van der Waals surface area contributed by atoms with Crippen LogP contribution in [0.3, 0.4) is 0 Å². The Kier molecular flexibility index (Phi) is 5.76. The average Bonchev–Trinajstić information content (AvgIpc) is 3.09. The van der Waals surface area contributed by atoms with Gasteiger partial charge in [-0.15, -0.1) is 0 Å². The summed E-state index contributed by atoms with van der Waals surface area (Å²) < 4.78 is 16.3. The van der Waals surface area contributed by atoms with Gasteiger partial charge < -0.3 is 19.2 Å². The van der Waals surface area contributed by atoms with Crippen molar-refractivity contribution < 1.29 is 18.7 Å². The maximum atomic E-state index is 11.9. The fourth-order valence-corrected chi connectivity index (χ4v) is 2.35. The molecular formula is C19H17ClN2O4. The molecule has 0 aliphatic heterocycles. The van der Waals surface area contributed by atoms with E-state index in [4.69, 9.17) is 25.5 Å².